The number of methoxy groups -OCH3 is 1. The van der Waals surface area contributed by atoms with Crippen molar-refractivity contribution in [2.45, 2.75) is 6.54 Å². The minimum absolute atomic E-state index is 0.119. The van der Waals surface area contributed by atoms with Crippen molar-refractivity contribution in [3.8, 4) is 5.88 Å². The summed E-state index contributed by atoms with van der Waals surface area (Å²) in [5.74, 6) is 0.103. The van der Waals surface area contributed by atoms with E-state index < -0.39 is 0 Å². The first-order valence-corrected chi connectivity index (χ1v) is 6.30. The van der Waals surface area contributed by atoms with Crippen LogP contribution in [-0.2, 0) is 6.54 Å². The van der Waals surface area contributed by atoms with Crippen molar-refractivity contribution >= 4 is 21.7 Å². The molecule has 19 heavy (non-hydrogen) atoms. The molecule has 0 N–H and O–H groups in total. The predicted molar refractivity (Wildman–Crippen MR) is 73.5 cm³/mol. The number of nitrogens with zero attached hydrogens (tertiary/aromatic N) is 2. The van der Waals surface area contributed by atoms with Gasteiger partial charge in [-0.15, -0.1) is 5.10 Å². The van der Waals surface area contributed by atoms with Crippen molar-refractivity contribution in [1.82, 2.24) is 9.78 Å². The van der Waals surface area contributed by atoms with Gasteiger partial charge in [-0.2, -0.15) is 0 Å². The lowest BCUT2D eigenvalue weighted by atomic mass is 10.1. The molecule has 0 unspecified atom stereocenters. The minimum atomic E-state index is -0.343. The van der Waals surface area contributed by atoms with Crippen LogP contribution in [0, 0.1) is 0 Å². The van der Waals surface area contributed by atoms with Gasteiger partial charge in [-0.1, -0.05) is 28.1 Å². The molecule has 0 aliphatic rings. The summed E-state index contributed by atoms with van der Waals surface area (Å²) in [6.07, 6.45) is 0. The van der Waals surface area contributed by atoms with Gasteiger partial charge >= 0.3 is 0 Å². The fourth-order valence-electron chi connectivity index (χ4n) is 1.54. The van der Waals surface area contributed by atoms with E-state index in [4.69, 9.17) is 4.74 Å². The Labute approximate surface area is 118 Å². The van der Waals surface area contributed by atoms with E-state index in [1.807, 2.05) is 6.07 Å². The molecule has 0 saturated heterocycles. The number of halogens is 1. The number of Topliss-reactive ketones (excluding diaryl/α,β-unsaturated/α-hetero) is 1. The zero-order chi connectivity index (χ0) is 13.8. The Hall–Kier alpha value is -1.95. The smallest absolute Gasteiger partial charge is 0.267 e. The number of carbonyl (C=O) groups is 1. The normalized spacial score (nSPS) is 10.2. The van der Waals surface area contributed by atoms with Crippen LogP contribution in [0.15, 0.2) is 45.7 Å². The maximum Gasteiger partial charge on any atom is 0.267 e. The number of rotatable bonds is 4. The van der Waals surface area contributed by atoms with Gasteiger partial charge < -0.3 is 4.74 Å². The topological polar surface area (TPSA) is 61.2 Å². The molecule has 2 aromatic rings. The molecule has 1 heterocycles. The van der Waals surface area contributed by atoms with Crippen LogP contribution in [0.4, 0.5) is 0 Å². The summed E-state index contributed by atoms with van der Waals surface area (Å²) in [6.45, 7) is -0.119. The Bertz CT molecular complexity index is 667. The van der Waals surface area contributed by atoms with E-state index in [1.54, 1.807) is 18.2 Å². The zero-order valence-electron chi connectivity index (χ0n) is 10.2. The Balaban J connectivity index is 2.26. The first-order chi connectivity index (χ1) is 9.10. The van der Waals surface area contributed by atoms with Gasteiger partial charge in [0.25, 0.3) is 5.56 Å². The first kappa shape index (κ1) is 13.5. The lowest BCUT2D eigenvalue weighted by molar-refractivity contribution is 0.0965. The molecule has 0 atom stereocenters. The third-order valence-electron chi connectivity index (χ3n) is 2.49. The summed E-state index contributed by atoms with van der Waals surface area (Å²) in [6, 6.07) is 9.76. The molecule has 0 aliphatic carbocycles. The molecule has 6 heteroatoms. The van der Waals surface area contributed by atoms with Gasteiger partial charge in [0.1, 0.15) is 6.54 Å². The van der Waals surface area contributed by atoms with Gasteiger partial charge in [0, 0.05) is 22.2 Å². The molecule has 5 nitrogen and oxygen atoms in total. The highest BCUT2D eigenvalue weighted by atomic mass is 79.9. The van der Waals surface area contributed by atoms with Gasteiger partial charge in [-0.05, 0) is 12.1 Å². The number of aromatic nitrogens is 2. The average Bonchev–Trinajstić information content (AvgIpc) is 2.41. The fraction of sp³-hybridized carbons (Fsp3) is 0.154. The van der Waals surface area contributed by atoms with Crippen LogP contribution in [0.25, 0.3) is 0 Å². The summed E-state index contributed by atoms with van der Waals surface area (Å²) < 4.78 is 6.82. The maximum atomic E-state index is 12.1. The van der Waals surface area contributed by atoms with Crippen molar-refractivity contribution in [1.29, 1.82) is 0 Å². The molecule has 0 amide bonds. The molecule has 1 aromatic carbocycles. The van der Waals surface area contributed by atoms with Crippen molar-refractivity contribution in [3.05, 3.63) is 56.8 Å². The second-order valence-electron chi connectivity index (χ2n) is 3.81. The van der Waals surface area contributed by atoms with E-state index in [9.17, 15) is 9.59 Å². The van der Waals surface area contributed by atoms with Crippen LogP contribution in [0.2, 0.25) is 0 Å². The van der Waals surface area contributed by atoms with E-state index in [1.165, 1.54) is 19.2 Å². The number of ketones is 1. The van der Waals surface area contributed by atoms with Crippen LogP contribution in [-0.4, -0.2) is 22.7 Å². The van der Waals surface area contributed by atoms with Gasteiger partial charge in [-0.25, -0.2) is 4.68 Å². The summed E-state index contributed by atoms with van der Waals surface area (Å²) in [7, 11) is 1.45. The van der Waals surface area contributed by atoms with Crippen molar-refractivity contribution in [2.75, 3.05) is 7.11 Å². The largest absolute Gasteiger partial charge is 0.480 e. The number of benzene rings is 1. The quantitative estimate of drug-likeness (QED) is 0.806. The molecule has 1 aromatic heterocycles. The summed E-state index contributed by atoms with van der Waals surface area (Å²) in [5.41, 5.74) is 0.176. The van der Waals surface area contributed by atoms with Gasteiger partial charge in [0.2, 0.25) is 5.88 Å². The van der Waals surface area contributed by atoms with Gasteiger partial charge in [-0.3, -0.25) is 9.59 Å². The van der Waals surface area contributed by atoms with Crippen molar-refractivity contribution < 1.29 is 9.53 Å². The second kappa shape index (κ2) is 5.79. The van der Waals surface area contributed by atoms with Crippen LogP contribution in [0.3, 0.4) is 0 Å². The Morgan fingerprint density at radius 1 is 1.37 bits per heavy atom. The number of hydrogen-bond donors (Lipinski definition) is 0. The molecule has 0 bridgehead atoms. The molecule has 0 spiro atoms. The van der Waals surface area contributed by atoms with Crippen LogP contribution < -0.4 is 10.3 Å². The molecule has 0 aliphatic heterocycles. The Kier molecular flexibility index (Phi) is 4.11. The first-order valence-electron chi connectivity index (χ1n) is 5.51. The molecular formula is C13H11BrN2O3. The van der Waals surface area contributed by atoms with Crippen LogP contribution in [0.5, 0.6) is 5.88 Å². The highest BCUT2D eigenvalue weighted by Crippen LogP contribution is 2.12. The highest BCUT2D eigenvalue weighted by molar-refractivity contribution is 9.10. The van der Waals surface area contributed by atoms with Crippen molar-refractivity contribution in [3.63, 3.8) is 0 Å². The van der Waals surface area contributed by atoms with E-state index >= 15 is 0 Å². The lowest BCUT2D eigenvalue weighted by Crippen LogP contribution is -2.26. The fourth-order valence-corrected chi connectivity index (χ4v) is 1.94. The Morgan fingerprint density at radius 2 is 2.16 bits per heavy atom. The second-order valence-corrected chi connectivity index (χ2v) is 4.72. The van der Waals surface area contributed by atoms with E-state index in [0.29, 0.717) is 11.4 Å². The average molecular weight is 323 g/mol. The van der Waals surface area contributed by atoms with E-state index in [0.717, 1.165) is 9.15 Å². The number of hydrogen-bond acceptors (Lipinski definition) is 4. The van der Waals surface area contributed by atoms with Crippen molar-refractivity contribution in [2.24, 2.45) is 0 Å². The standard InChI is InChI=1S/C13H11BrN2O3/c1-19-12-5-6-13(18)16(15-12)8-11(17)9-3-2-4-10(14)7-9/h2-7H,8H2,1H3. The monoisotopic (exact) mass is 322 g/mol. The molecular weight excluding hydrogens is 312 g/mol. The lowest BCUT2D eigenvalue weighted by Gasteiger charge is -2.05. The number of ether oxygens (including phenoxy) is 1. The summed E-state index contributed by atoms with van der Waals surface area (Å²) in [5, 5.41) is 3.93. The summed E-state index contributed by atoms with van der Waals surface area (Å²) in [4.78, 5) is 23.7. The Morgan fingerprint density at radius 3 is 2.84 bits per heavy atom. The SMILES string of the molecule is COc1ccc(=O)n(CC(=O)c2cccc(Br)c2)n1. The third-order valence-corrected chi connectivity index (χ3v) is 2.98. The molecule has 0 fully saturated rings. The highest BCUT2D eigenvalue weighted by Gasteiger charge is 2.09. The van der Waals surface area contributed by atoms with E-state index in [-0.39, 0.29) is 17.9 Å². The maximum absolute atomic E-state index is 12.1. The minimum Gasteiger partial charge on any atom is -0.480 e. The zero-order valence-corrected chi connectivity index (χ0v) is 11.8. The van der Waals surface area contributed by atoms with Crippen LogP contribution >= 0.6 is 15.9 Å². The molecule has 2 rings (SSSR count). The molecule has 98 valence electrons. The van der Waals surface area contributed by atoms with Gasteiger partial charge in [0.15, 0.2) is 5.78 Å². The molecule has 0 radical (unpaired) electrons. The van der Waals surface area contributed by atoms with Crippen LogP contribution in [0.1, 0.15) is 10.4 Å². The van der Waals surface area contributed by atoms with E-state index in [2.05, 4.69) is 21.0 Å². The third kappa shape index (κ3) is 3.29. The molecule has 0 saturated carbocycles. The predicted octanol–water partition coefficient (Wildman–Crippen LogP) is 1.90. The number of carbonyl (C=O) groups excluding carboxylic acids is 1. The van der Waals surface area contributed by atoms with Gasteiger partial charge in [0.05, 0.1) is 7.11 Å². The summed E-state index contributed by atoms with van der Waals surface area (Å²) >= 11 is 3.30.